The Balaban J connectivity index is 2.54. The monoisotopic (exact) mass is 282 g/mol. The molecule has 1 rings (SSSR count). The average molecular weight is 283 g/mol. The van der Waals surface area contributed by atoms with Crippen molar-refractivity contribution in [1.82, 2.24) is 10.2 Å². The Morgan fingerprint density at radius 2 is 1.85 bits per heavy atom. The summed E-state index contributed by atoms with van der Waals surface area (Å²) >= 11 is 0. The number of hydrogen-bond acceptors (Lipinski definition) is 2. The van der Waals surface area contributed by atoms with Crippen LogP contribution in [-0.4, -0.2) is 37.6 Å². The summed E-state index contributed by atoms with van der Waals surface area (Å²) in [7, 11) is 2.31. The summed E-state index contributed by atoms with van der Waals surface area (Å²) in [6.07, 6.45) is 5.50. The van der Waals surface area contributed by atoms with Gasteiger partial charge in [-0.05, 0) is 56.5 Å². The predicted octanol–water partition coefficient (Wildman–Crippen LogP) is 4.01. The molecule has 20 heavy (non-hydrogen) atoms. The van der Waals surface area contributed by atoms with Crippen LogP contribution in [0.1, 0.15) is 60.3 Å². The number of hydrogen-bond donors (Lipinski definition) is 1. The van der Waals surface area contributed by atoms with Crippen LogP contribution in [0, 0.1) is 23.7 Å². The molecule has 1 N–H and O–H groups in total. The Morgan fingerprint density at radius 3 is 2.40 bits per heavy atom. The van der Waals surface area contributed by atoms with Crippen molar-refractivity contribution in [3.8, 4) is 0 Å². The van der Waals surface area contributed by atoms with E-state index in [1.54, 1.807) is 0 Å². The summed E-state index contributed by atoms with van der Waals surface area (Å²) in [6.45, 7) is 15.3. The number of rotatable bonds is 8. The van der Waals surface area contributed by atoms with E-state index < -0.39 is 0 Å². The quantitative estimate of drug-likeness (QED) is 0.723. The molecule has 2 nitrogen and oxygen atoms in total. The summed E-state index contributed by atoms with van der Waals surface area (Å²) in [6, 6.07) is 0.745. The molecule has 4 unspecified atom stereocenters. The van der Waals surface area contributed by atoms with Gasteiger partial charge in [-0.15, -0.1) is 0 Å². The maximum atomic E-state index is 3.74. The molecule has 0 heterocycles. The van der Waals surface area contributed by atoms with Gasteiger partial charge in [-0.3, -0.25) is 0 Å². The van der Waals surface area contributed by atoms with Crippen LogP contribution >= 0.6 is 0 Å². The molecule has 1 saturated carbocycles. The Hall–Kier alpha value is -0.0800. The molecule has 0 bridgehead atoms. The van der Waals surface area contributed by atoms with Gasteiger partial charge >= 0.3 is 0 Å². The maximum absolute atomic E-state index is 3.74. The fourth-order valence-electron chi connectivity index (χ4n) is 3.77. The van der Waals surface area contributed by atoms with Crippen molar-refractivity contribution < 1.29 is 0 Å². The molecule has 1 aliphatic rings. The Labute approximate surface area is 127 Å². The first-order valence-electron chi connectivity index (χ1n) is 8.89. The highest BCUT2D eigenvalue weighted by atomic mass is 15.1. The van der Waals surface area contributed by atoms with E-state index in [2.05, 4.69) is 51.9 Å². The minimum Gasteiger partial charge on any atom is -0.314 e. The second-order valence-electron chi connectivity index (χ2n) is 7.48. The fourth-order valence-corrected chi connectivity index (χ4v) is 3.77. The molecule has 120 valence electrons. The third kappa shape index (κ3) is 5.73. The van der Waals surface area contributed by atoms with Crippen molar-refractivity contribution >= 4 is 0 Å². The second kappa shape index (κ2) is 9.04. The summed E-state index contributed by atoms with van der Waals surface area (Å²) < 4.78 is 0. The van der Waals surface area contributed by atoms with Crippen molar-refractivity contribution in [2.75, 3.05) is 26.7 Å². The topological polar surface area (TPSA) is 15.3 Å². The standard InChI is InChI=1S/C18H38N2/c1-7-15(5)12-20(6)13-17-11-16(14(3)4)9-10-18(17)19-8-2/h14-19H,7-13H2,1-6H3. The number of nitrogens with one attached hydrogen (secondary N) is 1. The van der Waals surface area contributed by atoms with Crippen LogP contribution in [0.5, 0.6) is 0 Å². The molecule has 0 radical (unpaired) electrons. The van der Waals surface area contributed by atoms with E-state index in [1.807, 2.05) is 0 Å². The fraction of sp³-hybridized carbons (Fsp3) is 1.00. The summed E-state index contributed by atoms with van der Waals surface area (Å²) in [5.74, 6) is 3.44. The van der Waals surface area contributed by atoms with E-state index in [1.165, 1.54) is 38.8 Å². The minimum absolute atomic E-state index is 0.745. The SMILES string of the molecule is CCNC1CCC(C(C)C)CC1CN(C)CC(C)CC. The Kier molecular flexibility index (Phi) is 8.13. The van der Waals surface area contributed by atoms with Gasteiger partial charge in [-0.2, -0.15) is 0 Å². The van der Waals surface area contributed by atoms with Crippen LogP contribution in [0.3, 0.4) is 0 Å². The first kappa shape index (κ1) is 18.0. The molecule has 0 aromatic rings. The van der Waals surface area contributed by atoms with Crippen molar-refractivity contribution in [2.24, 2.45) is 23.7 Å². The molecule has 0 aliphatic heterocycles. The van der Waals surface area contributed by atoms with Crippen LogP contribution in [0.25, 0.3) is 0 Å². The van der Waals surface area contributed by atoms with Gasteiger partial charge in [0, 0.05) is 19.1 Å². The van der Waals surface area contributed by atoms with Crippen molar-refractivity contribution in [1.29, 1.82) is 0 Å². The molecule has 0 aromatic carbocycles. The molecule has 0 aromatic heterocycles. The van der Waals surface area contributed by atoms with E-state index in [4.69, 9.17) is 0 Å². The molecule has 0 amide bonds. The van der Waals surface area contributed by atoms with Crippen LogP contribution in [0.2, 0.25) is 0 Å². The van der Waals surface area contributed by atoms with Gasteiger partial charge in [0.15, 0.2) is 0 Å². The third-order valence-electron chi connectivity index (χ3n) is 5.30. The van der Waals surface area contributed by atoms with Gasteiger partial charge in [-0.25, -0.2) is 0 Å². The molecule has 0 spiro atoms. The second-order valence-corrected chi connectivity index (χ2v) is 7.48. The number of nitrogens with zero attached hydrogens (tertiary/aromatic N) is 1. The van der Waals surface area contributed by atoms with E-state index in [0.717, 1.165) is 36.3 Å². The summed E-state index contributed by atoms with van der Waals surface area (Å²) in [4.78, 5) is 2.58. The first-order chi connectivity index (χ1) is 9.47. The largest absolute Gasteiger partial charge is 0.314 e. The van der Waals surface area contributed by atoms with E-state index >= 15 is 0 Å². The van der Waals surface area contributed by atoms with Crippen LogP contribution < -0.4 is 5.32 Å². The van der Waals surface area contributed by atoms with E-state index in [9.17, 15) is 0 Å². The van der Waals surface area contributed by atoms with Crippen LogP contribution in [0.15, 0.2) is 0 Å². The minimum atomic E-state index is 0.745. The highest BCUT2D eigenvalue weighted by Crippen LogP contribution is 2.34. The lowest BCUT2D eigenvalue weighted by molar-refractivity contribution is 0.127. The molecule has 1 aliphatic carbocycles. The Morgan fingerprint density at radius 1 is 1.15 bits per heavy atom. The lowest BCUT2D eigenvalue weighted by Crippen LogP contribution is -2.46. The maximum Gasteiger partial charge on any atom is 0.0108 e. The Bertz CT molecular complexity index is 252. The van der Waals surface area contributed by atoms with Crippen LogP contribution in [-0.2, 0) is 0 Å². The lowest BCUT2D eigenvalue weighted by atomic mass is 9.73. The highest BCUT2D eigenvalue weighted by Gasteiger charge is 2.31. The molecular formula is C18H38N2. The first-order valence-corrected chi connectivity index (χ1v) is 8.89. The molecule has 0 saturated heterocycles. The third-order valence-corrected chi connectivity index (χ3v) is 5.30. The van der Waals surface area contributed by atoms with Gasteiger partial charge in [0.2, 0.25) is 0 Å². The molecule has 1 fully saturated rings. The van der Waals surface area contributed by atoms with Crippen molar-refractivity contribution in [2.45, 2.75) is 66.3 Å². The van der Waals surface area contributed by atoms with Gasteiger partial charge < -0.3 is 10.2 Å². The zero-order chi connectivity index (χ0) is 15.1. The average Bonchev–Trinajstić information content (AvgIpc) is 2.40. The van der Waals surface area contributed by atoms with Crippen molar-refractivity contribution in [3.05, 3.63) is 0 Å². The normalized spacial score (nSPS) is 29.1. The zero-order valence-corrected chi connectivity index (χ0v) is 14.8. The summed E-state index contributed by atoms with van der Waals surface area (Å²) in [5, 5.41) is 3.74. The van der Waals surface area contributed by atoms with Crippen molar-refractivity contribution in [3.63, 3.8) is 0 Å². The van der Waals surface area contributed by atoms with Gasteiger partial charge in [0.1, 0.15) is 0 Å². The smallest absolute Gasteiger partial charge is 0.0108 e. The van der Waals surface area contributed by atoms with Crippen LogP contribution in [0.4, 0.5) is 0 Å². The summed E-state index contributed by atoms with van der Waals surface area (Å²) in [5.41, 5.74) is 0. The highest BCUT2D eigenvalue weighted by molar-refractivity contribution is 4.87. The lowest BCUT2D eigenvalue weighted by Gasteiger charge is -2.40. The zero-order valence-electron chi connectivity index (χ0n) is 14.8. The van der Waals surface area contributed by atoms with E-state index in [0.29, 0.717) is 0 Å². The van der Waals surface area contributed by atoms with Gasteiger partial charge in [0.25, 0.3) is 0 Å². The van der Waals surface area contributed by atoms with Gasteiger partial charge in [-0.1, -0.05) is 41.0 Å². The van der Waals surface area contributed by atoms with Gasteiger partial charge in [0.05, 0.1) is 0 Å². The molecular weight excluding hydrogens is 244 g/mol. The predicted molar refractivity (Wildman–Crippen MR) is 90.1 cm³/mol. The van der Waals surface area contributed by atoms with E-state index in [-0.39, 0.29) is 0 Å². The molecule has 2 heteroatoms. The molecule has 4 atom stereocenters.